The predicted octanol–water partition coefficient (Wildman–Crippen LogP) is 1.09. The summed E-state index contributed by atoms with van der Waals surface area (Å²) >= 11 is 5.98. The predicted molar refractivity (Wildman–Crippen MR) is 58.6 cm³/mol. The Hall–Kier alpha value is -1.33. The van der Waals surface area contributed by atoms with E-state index in [0.717, 1.165) is 10.9 Å². The van der Waals surface area contributed by atoms with Gasteiger partial charge in [0.2, 0.25) is 0 Å². The van der Waals surface area contributed by atoms with Gasteiger partial charge in [-0.3, -0.25) is 4.68 Å². The van der Waals surface area contributed by atoms with Gasteiger partial charge in [-0.15, -0.1) is 0 Å². The number of rotatable bonds is 1. The maximum atomic E-state index is 9.18. The van der Waals surface area contributed by atoms with Gasteiger partial charge < -0.3 is 9.84 Å². The van der Waals surface area contributed by atoms with Gasteiger partial charge in [0, 0.05) is 5.92 Å². The SMILES string of the molecule is OCC1COc2cnc(Cl)c3cnn(c23)C1. The first-order chi connectivity index (χ1) is 7.79. The van der Waals surface area contributed by atoms with Gasteiger partial charge in [0.1, 0.15) is 10.7 Å². The van der Waals surface area contributed by atoms with Crippen LogP contribution in [0.25, 0.3) is 10.9 Å². The van der Waals surface area contributed by atoms with Crippen molar-refractivity contribution in [3.05, 3.63) is 17.5 Å². The molecule has 84 valence electrons. The van der Waals surface area contributed by atoms with E-state index < -0.39 is 0 Å². The maximum Gasteiger partial charge on any atom is 0.163 e. The van der Waals surface area contributed by atoms with Gasteiger partial charge >= 0.3 is 0 Å². The third-order valence-corrected chi connectivity index (χ3v) is 3.06. The van der Waals surface area contributed by atoms with E-state index in [4.69, 9.17) is 16.3 Å². The lowest BCUT2D eigenvalue weighted by Gasteiger charge is -2.10. The van der Waals surface area contributed by atoms with Crippen molar-refractivity contribution in [3.63, 3.8) is 0 Å². The molecule has 0 bridgehead atoms. The highest BCUT2D eigenvalue weighted by molar-refractivity contribution is 6.34. The van der Waals surface area contributed by atoms with E-state index in [0.29, 0.717) is 24.1 Å². The number of halogens is 1. The lowest BCUT2D eigenvalue weighted by molar-refractivity contribution is 0.154. The molecule has 1 aliphatic rings. The third-order valence-electron chi connectivity index (χ3n) is 2.75. The second-order valence-electron chi connectivity index (χ2n) is 3.86. The first kappa shape index (κ1) is 9.86. The molecule has 2 aromatic heterocycles. The Morgan fingerprint density at radius 1 is 1.56 bits per heavy atom. The van der Waals surface area contributed by atoms with Gasteiger partial charge in [-0.2, -0.15) is 5.10 Å². The molecule has 0 radical (unpaired) electrons. The van der Waals surface area contributed by atoms with Crippen LogP contribution in [-0.4, -0.2) is 33.1 Å². The molecule has 0 spiro atoms. The molecule has 3 rings (SSSR count). The Kier molecular flexibility index (Phi) is 2.22. The maximum absolute atomic E-state index is 9.18. The third kappa shape index (κ3) is 1.36. The molecule has 1 unspecified atom stereocenters. The van der Waals surface area contributed by atoms with Crippen LogP contribution in [0.5, 0.6) is 5.75 Å². The van der Waals surface area contributed by atoms with Crippen LogP contribution in [0.2, 0.25) is 5.15 Å². The molecule has 3 heterocycles. The van der Waals surface area contributed by atoms with Crippen molar-refractivity contribution in [1.29, 1.82) is 0 Å². The van der Waals surface area contributed by atoms with Crippen LogP contribution >= 0.6 is 11.6 Å². The molecule has 0 aromatic carbocycles. The Bertz CT molecular complexity index is 540. The molecule has 0 aliphatic carbocycles. The quantitative estimate of drug-likeness (QED) is 0.757. The van der Waals surface area contributed by atoms with Crippen molar-refractivity contribution in [2.24, 2.45) is 5.92 Å². The standard InChI is InChI=1S/C10H10ClN3O2/c11-10-7-1-13-14-3-6(4-15)5-16-8(2-12-10)9(7)14/h1-2,6,15H,3-5H2. The summed E-state index contributed by atoms with van der Waals surface area (Å²) in [5.74, 6) is 0.724. The zero-order valence-electron chi connectivity index (χ0n) is 8.43. The molecule has 0 saturated heterocycles. The minimum absolute atomic E-state index is 0.0503. The smallest absolute Gasteiger partial charge is 0.163 e. The Labute approximate surface area is 96.6 Å². The van der Waals surface area contributed by atoms with Gasteiger partial charge in [0.05, 0.1) is 37.5 Å². The van der Waals surface area contributed by atoms with Crippen molar-refractivity contribution in [2.45, 2.75) is 6.54 Å². The van der Waals surface area contributed by atoms with Crippen molar-refractivity contribution >= 4 is 22.5 Å². The monoisotopic (exact) mass is 239 g/mol. The minimum atomic E-state index is 0.0503. The number of pyridine rings is 1. The van der Waals surface area contributed by atoms with Crippen LogP contribution in [0.4, 0.5) is 0 Å². The summed E-state index contributed by atoms with van der Waals surface area (Å²) in [5.41, 5.74) is 0.857. The summed E-state index contributed by atoms with van der Waals surface area (Å²) in [7, 11) is 0. The number of hydrogen-bond acceptors (Lipinski definition) is 4. The van der Waals surface area contributed by atoms with Gasteiger partial charge in [-0.1, -0.05) is 11.6 Å². The van der Waals surface area contributed by atoms with Crippen molar-refractivity contribution in [3.8, 4) is 5.75 Å². The van der Waals surface area contributed by atoms with E-state index in [-0.39, 0.29) is 12.5 Å². The molecule has 1 aliphatic heterocycles. The average molecular weight is 240 g/mol. The molecular formula is C10H10ClN3O2. The highest BCUT2D eigenvalue weighted by Crippen LogP contribution is 2.31. The van der Waals surface area contributed by atoms with Crippen LogP contribution in [0.3, 0.4) is 0 Å². The number of aliphatic hydroxyl groups excluding tert-OH is 1. The molecule has 0 fully saturated rings. The molecule has 1 N–H and O–H groups in total. The zero-order chi connectivity index (χ0) is 11.1. The van der Waals surface area contributed by atoms with Gasteiger partial charge in [-0.25, -0.2) is 4.98 Å². The summed E-state index contributed by atoms with van der Waals surface area (Å²) in [4.78, 5) is 4.04. The van der Waals surface area contributed by atoms with E-state index in [2.05, 4.69) is 10.1 Å². The Morgan fingerprint density at radius 3 is 3.25 bits per heavy atom. The van der Waals surface area contributed by atoms with Crippen molar-refractivity contribution < 1.29 is 9.84 Å². The van der Waals surface area contributed by atoms with E-state index in [1.807, 2.05) is 4.68 Å². The van der Waals surface area contributed by atoms with Crippen LogP contribution in [0.1, 0.15) is 0 Å². The fourth-order valence-corrected chi connectivity index (χ4v) is 2.09. The Balaban J connectivity index is 2.22. The number of hydrogen-bond donors (Lipinski definition) is 1. The van der Waals surface area contributed by atoms with E-state index in [1.54, 1.807) is 12.4 Å². The summed E-state index contributed by atoms with van der Waals surface area (Å²) in [6, 6.07) is 0. The van der Waals surface area contributed by atoms with Crippen LogP contribution in [0.15, 0.2) is 12.4 Å². The number of ether oxygens (including phenoxy) is 1. The lowest BCUT2D eigenvalue weighted by Crippen LogP contribution is -2.19. The number of nitrogens with zero attached hydrogens (tertiary/aromatic N) is 3. The highest BCUT2D eigenvalue weighted by atomic mass is 35.5. The summed E-state index contributed by atoms with van der Waals surface area (Å²) in [6.07, 6.45) is 3.28. The molecule has 0 saturated carbocycles. The van der Waals surface area contributed by atoms with Gasteiger partial charge in [0.25, 0.3) is 0 Å². The summed E-state index contributed by atoms with van der Waals surface area (Å²) in [5, 5.41) is 14.6. The van der Waals surface area contributed by atoms with Crippen LogP contribution in [-0.2, 0) is 6.54 Å². The lowest BCUT2D eigenvalue weighted by atomic mass is 10.2. The highest BCUT2D eigenvalue weighted by Gasteiger charge is 2.21. The van der Waals surface area contributed by atoms with Crippen molar-refractivity contribution in [2.75, 3.05) is 13.2 Å². The van der Waals surface area contributed by atoms with E-state index in [9.17, 15) is 5.11 Å². The Morgan fingerprint density at radius 2 is 2.44 bits per heavy atom. The van der Waals surface area contributed by atoms with E-state index >= 15 is 0 Å². The van der Waals surface area contributed by atoms with Crippen LogP contribution in [0, 0.1) is 5.92 Å². The summed E-state index contributed by atoms with van der Waals surface area (Å²) < 4.78 is 7.41. The van der Waals surface area contributed by atoms with E-state index in [1.165, 1.54) is 0 Å². The number of aromatic nitrogens is 3. The molecule has 1 atom stereocenters. The first-order valence-corrected chi connectivity index (χ1v) is 5.41. The number of aliphatic hydroxyl groups is 1. The molecule has 6 heteroatoms. The zero-order valence-corrected chi connectivity index (χ0v) is 9.18. The molecular weight excluding hydrogens is 230 g/mol. The minimum Gasteiger partial charge on any atom is -0.489 e. The summed E-state index contributed by atoms with van der Waals surface area (Å²) in [6.45, 7) is 1.18. The molecule has 2 aromatic rings. The normalized spacial score (nSPS) is 19.5. The fourth-order valence-electron chi connectivity index (χ4n) is 1.90. The molecule has 5 nitrogen and oxygen atoms in total. The largest absolute Gasteiger partial charge is 0.489 e. The van der Waals surface area contributed by atoms with Crippen molar-refractivity contribution in [1.82, 2.24) is 14.8 Å². The first-order valence-electron chi connectivity index (χ1n) is 5.03. The second kappa shape index (κ2) is 3.61. The van der Waals surface area contributed by atoms with Gasteiger partial charge in [-0.05, 0) is 0 Å². The second-order valence-corrected chi connectivity index (χ2v) is 4.22. The average Bonchev–Trinajstić information content (AvgIpc) is 2.63. The van der Waals surface area contributed by atoms with Gasteiger partial charge in [0.15, 0.2) is 5.75 Å². The molecule has 16 heavy (non-hydrogen) atoms. The molecule has 0 amide bonds. The van der Waals surface area contributed by atoms with Crippen LogP contribution < -0.4 is 4.74 Å². The fraction of sp³-hybridized carbons (Fsp3) is 0.400. The topological polar surface area (TPSA) is 60.2 Å².